The van der Waals surface area contributed by atoms with Crippen molar-refractivity contribution in [1.29, 1.82) is 0 Å². The van der Waals surface area contributed by atoms with Gasteiger partial charge in [0.2, 0.25) is 23.6 Å². The van der Waals surface area contributed by atoms with Gasteiger partial charge in [-0.2, -0.15) is 0 Å². The lowest BCUT2D eigenvalue weighted by Gasteiger charge is -2.34. The summed E-state index contributed by atoms with van der Waals surface area (Å²) in [6.45, 7) is 9.73. The third kappa shape index (κ3) is 4.63. The second kappa shape index (κ2) is 8.64. The van der Waals surface area contributed by atoms with E-state index >= 15 is 0 Å². The summed E-state index contributed by atoms with van der Waals surface area (Å²) in [6.07, 6.45) is 3.82. The Labute approximate surface area is 219 Å². The van der Waals surface area contributed by atoms with E-state index in [1.54, 1.807) is 0 Å². The third-order valence-corrected chi connectivity index (χ3v) is 16.4. The molecule has 4 atom stereocenters. The van der Waals surface area contributed by atoms with Crippen LogP contribution in [0.15, 0.2) is 23.0 Å². The predicted octanol–water partition coefficient (Wildman–Crippen LogP) is 3.47. The van der Waals surface area contributed by atoms with Gasteiger partial charge in [-0.15, -0.1) is 0 Å². The number of likely N-dealkylation sites (tertiary alicyclic amines) is 2. The lowest BCUT2D eigenvalue weighted by Crippen LogP contribution is -2.45. The first-order valence-electron chi connectivity index (χ1n) is 13.6. The number of ether oxygens (including phenoxy) is 2. The molecule has 2 aliphatic carbocycles. The first-order valence-corrected chi connectivity index (χ1v) is 19.9. The Morgan fingerprint density at radius 1 is 0.622 bits per heavy atom. The molecule has 4 heterocycles. The zero-order chi connectivity index (χ0) is 26.3. The Kier molecular flexibility index (Phi) is 5.85. The fourth-order valence-electron chi connectivity index (χ4n) is 6.91. The highest BCUT2D eigenvalue weighted by atomic mass is 28.4. The van der Waals surface area contributed by atoms with Gasteiger partial charge in [-0.1, -0.05) is 0 Å². The first-order chi connectivity index (χ1) is 17.4. The van der Waals surface area contributed by atoms with Crippen LogP contribution in [-0.2, 0) is 32.8 Å². The summed E-state index contributed by atoms with van der Waals surface area (Å²) in [7, 11) is -4.03. The maximum atomic E-state index is 12.8. The smallest absolute Gasteiger partial charge is 0.233 e. The van der Waals surface area contributed by atoms with Gasteiger partial charge in [0.25, 0.3) is 0 Å². The zero-order valence-electron chi connectivity index (χ0n) is 22.1. The number of hydrogen-bond acceptors (Lipinski definition) is 7. The predicted molar refractivity (Wildman–Crippen MR) is 137 cm³/mol. The molecule has 0 bridgehead atoms. The van der Waals surface area contributed by atoms with Gasteiger partial charge in [0, 0.05) is 38.8 Å². The minimum absolute atomic E-state index is 0.0419. The van der Waals surface area contributed by atoms with Crippen molar-refractivity contribution in [2.24, 2.45) is 23.7 Å². The number of carbonyl (C=O) groups excluding carboxylic acids is 4. The summed E-state index contributed by atoms with van der Waals surface area (Å²) >= 11 is 0. The number of fused-ring (bicyclic) bond motifs is 2. The van der Waals surface area contributed by atoms with Crippen molar-refractivity contribution in [1.82, 2.24) is 9.80 Å². The number of hydrogen-bond donors (Lipinski definition) is 0. The standard InChI is InChI=1S/C26H36N2O7Si2/c1-36(2,9-5-7-27-23(29)15-11-19-20(33-19)12-16(15)24(27)30)35-37(3,4)10-6-8-28-25(31)17-13-21-22(34-21)14-18(17)26(28)32/h15-18H,5-14H2,1-4H3. The monoisotopic (exact) mass is 544 g/mol. The van der Waals surface area contributed by atoms with Crippen molar-refractivity contribution < 1.29 is 32.8 Å². The fourth-order valence-corrected chi connectivity index (χ4v) is 15.7. The summed E-state index contributed by atoms with van der Waals surface area (Å²) in [5, 5.41) is 0. The number of allylic oxidation sites excluding steroid dienone is 4. The largest absolute Gasteiger partial charge is 0.459 e. The molecular formula is C26H36N2O7Si2. The first kappa shape index (κ1) is 25.1. The molecule has 0 aromatic carbocycles. The Hall–Kier alpha value is -2.25. The van der Waals surface area contributed by atoms with Gasteiger partial charge in [-0.05, 0) is 51.1 Å². The van der Waals surface area contributed by atoms with Crippen LogP contribution >= 0.6 is 0 Å². The van der Waals surface area contributed by atoms with Crippen LogP contribution in [0, 0.1) is 23.7 Å². The normalized spacial score (nSPS) is 30.3. The van der Waals surface area contributed by atoms with E-state index < -0.39 is 16.6 Å². The molecule has 0 aromatic rings. The van der Waals surface area contributed by atoms with E-state index in [4.69, 9.17) is 13.6 Å². The van der Waals surface area contributed by atoms with Gasteiger partial charge in [0.05, 0.1) is 23.7 Å². The summed E-state index contributed by atoms with van der Waals surface area (Å²) in [5.41, 5.74) is 0. The van der Waals surface area contributed by atoms with Crippen molar-refractivity contribution in [3.8, 4) is 0 Å². The van der Waals surface area contributed by atoms with Crippen LogP contribution in [0.5, 0.6) is 0 Å². The van der Waals surface area contributed by atoms with Crippen molar-refractivity contribution >= 4 is 40.3 Å². The SMILES string of the molecule is C[Si](C)(CCCN1C(=O)C2CC3=C(CC2C1=O)O3)O[Si](C)(C)CCCN1C(=O)C2CC3=C(CC2C1=O)O3. The Balaban J connectivity index is 0.947. The van der Waals surface area contributed by atoms with Crippen molar-refractivity contribution in [2.75, 3.05) is 13.1 Å². The summed E-state index contributed by atoms with van der Waals surface area (Å²) in [6, 6.07) is 1.75. The van der Waals surface area contributed by atoms with E-state index in [0.29, 0.717) is 38.8 Å². The number of imide groups is 2. The van der Waals surface area contributed by atoms with Gasteiger partial charge < -0.3 is 13.6 Å². The van der Waals surface area contributed by atoms with Crippen LogP contribution in [0.25, 0.3) is 0 Å². The molecule has 6 rings (SSSR count). The molecule has 0 radical (unpaired) electrons. The maximum Gasteiger partial charge on any atom is 0.233 e. The number of nitrogens with zero attached hydrogens (tertiary/aromatic N) is 2. The molecule has 4 unspecified atom stereocenters. The van der Waals surface area contributed by atoms with Crippen LogP contribution in [0.4, 0.5) is 0 Å². The van der Waals surface area contributed by atoms with Gasteiger partial charge in [-0.3, -0.25) is 29.0 Å². The van der Waals surface area contributed by atoms with Gasteiger partial charge in [-0.25, -0.2) is 0 Å². The van der Waals surface area contributed by atoms with Gasteiger partial charge in [0.1, 0.15) is 23.0 Å². The number of amides is 4. The van der Waals surface area contributed by atoms with Gasteiger partial charge in [0.15, 0.2) is 16.6 Å². The van der Waals surface area contributed by atoms with Crippen LogP contribution in [-0.4, -0.2) is 63.2 Å². The molecule has 0 saturated carbocycles. The van der Waals surface area contributed by atoms with Crippen LogP contribution in [0.3, 0.4) is 0 Å². The highest BCUT2D eigenvalue weighted by Crippen LogP contribution is 2.50. The molecule has 0 N–H and O–H groups in total. The van der Waals surface area contributed by atoms with E-state index in [-0.39, 0.29) is 47.3 Å². The molecule has 9 nitrogen and oxygen atoms in total. The fraction of sp³-hybridized carbons (Fsp3) is 0.692. The van der Waals surface area contributed by atoms with Gasteiger partial charge >= 0.3 is 0 Å². The average molecular weight is 545 g/mol. The molecular weight excluding hydrogens is 508 g/mol. The van der Waals surface area contributed by atoms with Crippen LogP contribution in [0.2, 0.25) is 38.3 Å². The number of rotatable bonds is 10. The second-order valence-electron chi connectivity index (χ2n) is 12.6. The quantitative estimate of drug-likeness (QED) is 0.306. The number of carbonyl (C=O) groups is 4. The van der Waals surface area contributed by atoms with E-state index in [1.807, 2.05) is 0 Å². The third-order valence-electron chi connectivity index (χ3n) is 8.83. The van der Waals surface area contributed by atoms with E-state index in [2.05, 4.69) is 26.2 Å². The van der Waals surface area contributed by atoms with Crippen molar-refractivity contribution in [3.05, 3.63) is 23.0 Å². The van der Waals surface area contributed by atoms with E-state index in [9.17, 15) is 19.2 Å². The molecule has 0 spiro atoms. The molecule has 4 amide bonds. The molecule has 6 aliphatic rings. The summed E-state index contributed by atoms with van der Waals surface area (Å²) < 4.78 is 17.5. The maximum absolute atomic E-state index is 12.8. The second-order valence-corrected chi connectivity index (χ2v) is 21.5. The van der Waals surface area contributed by atoms with E-state index in [0.717, 1.165) is 48.0 Å². The molecule has 11 heteroatoms. The van der Waals surface area contributed by atoms with E-state index in [1.165, 1.54) is 9.80 Å². The molecule has 0 aromatic heterocycles. The zero-order valence-corrected chi connectivity index (χ0v) is 24.1. The summed E-state index contributed by atoms with van der Waals surface area (Å²) in [4.78, 5) is 54.3. The highest BCUT2D eigenvalue weighted by Gasteiger charge is 2.55. The minimum Gasteiger partial charge on any atom is -0.459 e. The summed E-state index contributed by atoms with van der Waals surface area (Å²) in [5.74, 6) is 2.54. The highest BCUT2D eigenvalue weighted by molar-refractivity contribution is 6.84. The molecule has 200 valence electrons. The van der Waals surface area contributed by atoms with Crippen molar-refractivity contribution in [3.63, 3.8) is 0 Å². The molecule has 37 heavy (non-hydrogen) atoms. The topological polar surface area (TPSA) is 109 Å². The Morgan fingerprint density at radius 2 is 0.919 bits per heavy atom. The molecule has 2 saturated heterocycles. The minimum atomic E-state index is -2.02. The molecule has 4 aliphatic heterocycles. The lowest BCUT2D eigenvalue weighted by atomic mass is 9.85. The Bertz CT molecular complexity index is 1010. The average Bonchev–Trinajstić information content (AvgIpc) is 3.72. The van der Waals surface area contributed by atoms with Crippen molar-refractivity contribution in [2.45, 2.75) is 76.8 Å². The molecule has 2 fully saturated rings. The Morgan fingerprint density at radius 3 is 1.22 bits per heavy atom. The lowest BCUT2D eigenvalue weighted by molar-refractivity contribution is -0.141. The van der Waals surface area contributed by atoms with Crippen LogP contribution in [0.1, 0.15) is 38.5 Å². The van der Waals surface area contributed by atoms with Crippen LogP contribution < -0.4 is 0 Å².